The lowest BCUT2D eigenvalue weighted by Crippen LogP contribution is -2.35. The molecule has 1 aliphatic carbocycles. The summed E-state index contributed by atoms with van der Waals surface area (Å²) in [5.41, 5.74) is 0.626. The number of hydrogen-bond donors (Lipinski definition) is 1. The summed E-state index contributed by atoms with van der Waals surface area (Å²) in [6, 6.07) is 9.51. The van der Waals surface area contributed by atoms with E-state index in [2.05, 4.69) is 18.7 Å². The summed E-state index contributed by atoms with van der Waals surface area (Å²) >= 11 is 0. The molecule has 24 heavy (non-hydrogen) atoms. The topological polar surface area (TPSA) is 63.4 Å². The normalized spacial score (nSPS) is 31.0. The third-order valence-electron chi connectivity index (χ3n) is 6.21. The molecule has 1 saturated heterocycles. The van der Waals surface area contributed by atoms with Gasteiger partial charge in [-0.15, -0.1) is 0 Å². The summed E-state index contributed by atoms with van der Waals surface area (Å²) in [7, 11) is -3.62. The van der Waals surface area contributed by atoms with Gasteiger partial charge in [0.1, 0.15) is 5.25 Å². The van der Waals surface area contributed by atoms with E-state index in [-0.39, 0.29) is 5.41 Å². The van der Waals surface area contributed by atoms with Crippen molar-refractivity contribution in [1.82, 2.24) is 4.90 Å². The van der Waals surface area contributed by atoms with Gasteiger partial charge in [-0.2, -0.15) is 0 Å². The van der Waals surface area contributed by atoms with E-state index in [1.165, 1.54) is 25.7 Å². The van der Waals surface area contributed by atoms with E-state index in [0.717, 1.165) is 25.2 Å². The highest BCUT2D eigenvalue weighted by Crippen LogP contribution is 2.69. The van der Waals surface area contributed by atoms with E-state index in [0.29, 0.717) is 11.8 Å². The third-order valence-corrected chi connectivity index (χ3v) is 7.65. The van der Waals surface area contributed by atoms with Crippen molar-refractivity contribution in [2.24, 2.45) is 22.4 Å². The molecule has 3 unspecified atom stereocenters. The van der Waals surface area contributed by atoms with Crippen LogP contribution in [0.1, 0.15) is 50.3 Å². The van der Waals surface area contributed by atoms with Crippen LogP contribution < -0.4 is 5.14 Å². The minimum Gasteiger partial charge on any atom is -0.303 e. The van der Waals surface area contributed by atoms with Crippen molar-refractivity contribution in [3.63, 3.8) is 0 Å². The fourth-order valence-electron chi connectivity index (χ4n) is 4.87. The van der Waals surface area contributed by atoms with Crippen LogP contribution in [0.2, 0.25) is 0 Å². The summed E-state index contributed by atoms with van der Waals surface area (Å²) in [5, 5.41) is 5.07. The van der Waals surface area contributed by atoms with Gasteiger partial charge in [-0.3, -0.25) is 0 Å². The number of fused-ring (bicyclic) bond motifs is 1. The first-order chi connectivity index (χ1) is 11.4. The van der Waals surface area contributed by atoms with E-state index in [1.54, 1.807) is 0 Å². The fraction of sp³-hybridized carbons (Fsp3) is 0.684. The van der Waals surface area contributed by atoms with Gasteiger partial charge in [0.05, 0.1) is 0 Å². The van der Waals surface area contributed by atoms with Crippen LogP contribution in [0.5, 0.6) is 0 Å². The first kappa shape index (κ1) is 17.9. The van der Waals surface area contributed by atoms with Crippen LogP contribution in [0.15, 0.2) is 30.3 Å². The van der Waals surface area contributed by atoms with Gasteiger partial charge in [0.2, 0.25) is 10.0 Å². The maximum atomic E-state index is 12.3. The third kappa shape index (κ3) is 3.26. The highest BCUT2D eigenvalue weighted by Gasteiger charge is 2.70. The van der Waals surface area contributed by atoms with Gasteiger partial charge in [0.15, 0.2) is 0 Å². The average Bonchev–Trinajstić information content (AvgIpc) is 2.89. The van der Waals surface area contributed by atoms with E-state index < -0.39 is 15.3 Å². The largest absolute Gasteiger partial charge is 0.303 e. The van der Waals surface area contributed by atoms with Crippen molar-refractivity contribution in [3.8, 4) is 0 Å². The van der Waals surface area contributed by atoms with Crippen molar-refractivity contribution in [3.05, 3.63) is 35.9 Å². The maximum Gasteiger partial charge on any atom is 0.216 e. The molecular formula is C19H30N2O2S. The molecular weight excluding hydrogens is 320 g/mol. The molecule has 4 nitrogen and oxygen atoms in total. The second-order valence-electron chi connectivity index (χ2n) is 7.78. The zero-order valence-corrected chi connectivity index (χ0v) is 15.6. The van der Waals surface area contributed by atoms with E-state index in [1.807, 2.05) is 30.3 Å². The average molecular weight is 351 g/mol. The molecule has 0 spiro atoms. The van der Waals surface area contributed by atoms with Crippen LogP contribution in [0.25, 0.3) is 0 Å². The Morgan fingerprint density at radius 3 is 2.33 bits per heavy atom. The molecule has 134 valence electrons. The summed E-state index contributed by atoms with van der Waals surface area (Å²) in [4.78, 5) is 2.51. The van der Waals surface area contributed by atoms with Crippen LogP contribution in [0.3, 0.4) is 0 Å². The van der Waals surface area contributed by atoms with Gasteiger partial charge in [-0.05, 0) is 35.8 Å². The summed E-state index contributed by atoms with van der Waals surface area (Å²) in [6.45, 7) is 7.54. The zero-order chi connectivity index (χ0) is 17.4. The summed E-state index contributed by atoms with van der Waals surface area (Å²) < 4.78 is 24.7. The second kappa shape index (κ2) is 6.77. The summed E-state index contributed by atoms with van der Waals surface area (Å²) in [6.07, 6.45) is 5.11. The van der Waals surface area contributed by atoms with Crippen LogP contribution in [-0.2, 0) is 10.0 Å². The first-order valence-electron chi connectivity index (χ1n) is 9.18. The molecule has 1 heterocycles. The van der Waals surface area contributed by atoms with E-state index >= 15 is 0 Å². The lowest BCUT2D eigenvalue weighted by molar-refractivity contribution is 0.240. The van der Waals surface area contributed by atoms with Crippen molar-refractivity contribution in [1.29, 1.82) is 0 Å². The molecule has 0 amide bonds. The number of unbranched alkanes of at least 4 members (excludes halogenated alkanes) is 3. The van der Waals surface area contributed by atoms with Gasteiger partial charge < -0.3 is 4.90 Å². The Labute approximate surface area is 146 Å². The highest BCUT2D eigenvalue weighted by molar-refractivity contribution is 7.89. The standard InChI is InChI=1S/C19H30N2O2S/c1-3-4-5-9-12-21-13-16-17(14-21)19(16,2)18(24(20,22)23)15-10-7-6-8-11-15/h6-8,10-11,16-18H,3-5,9,12-14H2,1-2H3,(H2,20,22,23). The SMILES string of the molecule is CCCCCCN1CC2C(C1)C2(C)C(c1ccccc1)S(N)(=O)=O. The van der Waals surface area contributed by atoms with Gasteiger partial charge in [-0.1, -0.05) is 63.4 Å². The minimum atomic E-state index is -3.62. The molecule has 2 fully saturated rings. The Morgan fingerprint density at radius 1 is 1.17 bits per heavy atom. The van der Waals surface area contributed by atoms with Gasteiger partial charge in [-0.25, -0.2) is 13.6 Å². The molecule has 3 rings (SSSR count). The molecule has 1 aromatic carbocycles. The predicted octanol–water partition coefficient (Wildman–Crippen LogP) is 3.16. The van der Waals surface area contributed by atoms with Crippen molar-refractivity contribution < 1.29 is 8.42 Å². The lowest BCUT2D eigenvalue weighted by Gasteiger charge is -2.29. The highest BCUT2D eigenvalue weighted by atomic mass is 32.2. The molecule has 1 aromatic rings. The quantitative estimate of drug-likeness (QED) is 0.733. The number of primary sulfonamides is 1. The first-order valence-corrected chi connectivity index (χ1v) is 10.8. The Morgan fingerprint density at radius 2 is 1.79 bits per heavy atom. The second-order valence-corrected chi connectivity index (χ2v) is 9.43. The molecule has 2 N–H and O–H groups in total. The number of benzene rings is 1. The Kier molecular flexibility index (Phi) is 5.05. The van der Waals surface area contributed by atoms with Gasteiger partial charge >= 0.3 is 0 Å². The van der Waals surface area contributed by atoms with Crippen LogP contribution in [0.4, 0.5) is 0 Å². The number of sulfonamides is 1. The number of hydrogen-bond acceptors (Lipinski definition) is 3. The molecule has 3 atom stereocenters. The number of nitrogens with two attached hydrogens (primary N) is 1. The monoisotopic (exact) mass is 350 g/mol. The van der Waals surface area contributed by atoms with Gasteiger partial charge in [0.25, 0.3) is 0 Å². The number of piperidine rings is 1. The molecule has 1 aliphatic heterocycles. The maximum absolute atomic E-state index is 12.3. The van der Waals surface area contributed by atoms with Crippen LogP contribution in [0, 0.1) is 17.3 Å². The van der Waals surface area contributed by atoms with Crippen LogP contribution in [-0.4, -0.2) is 33.0 Å². The smallest absolute Gasteiger partial charge is 0.216 e. The fourth-order valence-corrected chi connectivity index (χ4v) is 6.46. The molecule has 0 radical (unpaired) electrons. The Bertz CT molecular complexity index is 647. The van der Waals surface area contributed by atoms with Crippen LogP contribution >= 0.6 is 0 Å². The van der Waals surface area contributed by atoms with Crippen molar-refractivity contribution in [2.75, 3.05) is 19.6 Å². The lowest BCUT2D eigenvalue weighted by atomic mass is 9.92. The van der Waals surface area contributed by atoms with Gasteiger partial charge in [0, 0.05) is 13.1 Å². The molecule has 5 heteroatoms. The minimum absolute atomic E-state index is 0.213. The Hall–Kier alpha value is -0.910. The zero-order valence-electron chi connectivity index (χ0n) is 14.8. The van der Waals surface area contributed by atoms with Crippen molar-refractivity contribution in [2.45, 2.75) is 44.8 Å². The number of likely N-dealkylation sites (tertiary alicyclic amines) is 1. The number of nitrogens with zero attached hydrogens (tertiary/aromatic N) is 1. The number of rotatable bonds is 8. The Balaban J connectivity index is 1.68. The van der Waals surface area contributed by atoms with E-state index in [4.69, 9.17) is 5.14 Å². The van der Waals surface area contributed by atoms with Crippen molar-refractivity contribution >= 4 is 10.0 Å². The molecule has 1 saturated carbocycles. The molecule has 0 aromatic heterocycles. The molecule has 0 bridgehead atoms. The van der Waals surface area contributed by atoms with E-state index in [9.17, 15) is 8.42 Å². The summed E-state index contributed by atoms with van der Waals surface area (Å²) in [5.74, 6) is 0.902. The predicted molar refractivity (Wildman–Crippen MR) is 98.0 cm³/mol. The molecule has 2 aliphatic rings.